The summed E-state index contributed by atoms with van der Waals surface area (Å²) in [6, 6.07) is 7.57. The predicted octanol–water partition coefficient (Wildman–Crippen LogP) is 1.73. The third-order valence-electron chi connectivity index (χ3n) is 2.71. The molecular formula is C12H15N5. The highest BCUT2D eigenvalue weighted by Crippen LogP contribution is 2.20. The number of imidazole rings is 1. The van der Waals surface area contributed by atoms with Crippen molar-refractivity contribution in [3.8, 4) is 6.19 Å². The molecule has 0 spiro atoms. The van der Waals surface area contributed by atoms with Gasteiger partial charge in [-0.1, -0.05) is 12.1 Å². The first-order valence-corrected chi connectivity index (χ1v) is 5.42. The lowest BCUT2D eigenvalue weighted by atomic mass is 10.2. The van der Waals surface area contributed by atoms with Gasteiger partial charge >= 0.3 is 0 Å². The van der Waals surface area contributed by atoms with Gasteiger partial charge in [-0.05, 0) is 33.0 Å². The quantitative estimate of drug-likeness (QED) is 0.787. The van der Waals surface area contributed by atoms with Gasteiger partial charge in [0.2, 0.25) is 5.95 Å². The molecule has 17 heavy (non-hydrogen) atoms. The van der Waals surface area contributed by atoms with E-state index in [4.69, 9.17) is 0 Å². The van der Waals surface area contributed by atoms with Crippen LogP contribution in [0.25, 0.3) is 11.0 Å². The summed E-state index contributed by atoms with van der Waals surface area (Å²) in [6.45, 7) is 3.96. The molecule has 0 atom stereocenters. The molecule has 1 aromatic heterocycles. The molecule has 2 rings (SSSR count). The molecule has 5 nitrogen and oxygen atoms in total. The van der Waals surface area contributed by atoms with Crippen LogP contribution >= 0.6 is 0 Å². The minimum Gasteiger partial charge on any atom is -0.337 e. The third kappa shape index (κ3) is 2.08. The first-order chi connectivity index (χ1) is 8.07. The van der Waals surface area contributed by atoms with Gasteiger partial charge in [0.15, 0.2) is 6.19 Å². The number of nitrogens with one attached hydrogen (secondary N) is 2. The Bertz CT molecular complexity index is 576. The summed E-state index contributed by atoms with van der Waals surface area (Å²) in [5, 5.41) is 15.5. The van der Waals surface area contributed by atoms with Crippen molar-refractivity contribution in [2.24, 2.45) is 0 Å². The van der Waals surface area contributed by atoms with Crippen molar-refractivity contribution in [1.29, 1.82) is 5.26 Å². The molecule has 0 saturated heterocycles. The fraction of sp³-hybridized carbons (Fsp3) is 0.333. The first-order valence-electron chi connectivity index (χ1n) is 5.42. The van der Waals surface area contributed by atoms with E-state index in [1.54, 1.807) is 0 Å². The van der Waals surface area contributed by atoms with Crippen molar-refractivity contribution < 1.29 is 0 Å². The van der Waals surface area contributed by atoms with Crippen LogP contribution < -0.4 is 10.6 Å². The predicted molar refractivity (Wildman–Crippen MR) is 67.5 cm³/mol. The number of benzene rings is 1. The number of hydrogen-bond donors (Lipinski definition) is 2. The normalized spacial score (nSPS) is 11.4. The molecule has 0 unspecified atom stereocenters. The number of para-hydroxylation sites is 2. The lowest BCUT2D eigenvalue weighted by Crippen LogP contribution is -2.44. The molecule has 0 aliphatic rings. The van der Waals surface area contributed by atoms with Gasteiger partial charge in [-0.2, -0.15) is 5.26 Å². The van der Waals surface area contributed by atoms with Crippen LogP contribution in [0.5, 0.6) is 0 Å². The van der Waals surface area contributed by atoms with Crippen LogP contribution in [0, 0.1) is 11.5 Å². The highest BCUT2D eigenvalue weighted by atomic mass is 15.3. The molecule has 2 aromatic rings. The number of anilines is 1. The van der Waals surface area contributed by atoms with Gasteiger partial charge in [0.25, 0.3) is 0 Å². The van der Waals surface area contributed by atoms with E-state index in [0.717, 1.165) is 11.0 Å². The van der Waals surface area contributed by atoms with Gasteiger partial charge in [-0.3, -0.25) is 5.32 Å². The third-order valence-corrected chi connectivity index (χ3v) is 2.71. The number of rotatable bonds is 3. The molecule has 1 aromatic carbocycles. The summed E-state index contributed by atoms with van der Waals surface area (Å²) in [6.07, 6.45) is 2.13. The maximum atomic E-state index is 9.19. The summed E-state index contributed by atoms with van der Waals surface area (Å²) >= 11 is 0. The Hall–Kier alpha value is -2.06. The van der Waals surface area contributed by atoms with Crippen LogP contribution in [0.3, 0.4) is 0 Å². The van der Waals surface area contributed by atoms with Gasteiger partial charge in [0.1, 0.15) is 0 Å². The van der Waals surface area contributed by atoms with Crippen molar-refractivity contribution in [1.82, 2.24) is 14.9 Å². The Morgan fingerprint density at radius 1 is 1.35 bits per heavy atom. The minimum atomic E-state index is -0.323. The summed E-state index contributed by atoms with van der Waals surface area (Å²) in [5.41, 5.74) is 1.29. The van der Waals surface area contributed by atoms with Gasteiger partial charge < -0.3 is 5.32 Å². The van der Waals surface area contributed by atoms with Crippen LogP contribution in [0.4, 0.5) is 5.95 Å². The number of hydrogen-bond acceptors (Lipinski definition) is 4. The van der Waals surface area contributed by atoms with E-state index in [9.17, 15) is 5.26 Å². The lowest BCUT2D eigenvalue weighted by molar-refractivity contribution is 0.480. The zero-order chi connectivity index (χ0) is 12.5. The average molecular weight is 229 g/mol. The van der Waals surface area contributed by atoms with Gasteiger partial charge in [0.05, 0.1) is 16.7 Å². The van der Waals surface area contributed by atoms with Crippen molar-refractivity contribution in [2.45, 2.75) is 19.5 Å². The van der Waals surface area contributed by atoms with E-state index in [2.05, 4.69) is 21.8 Å². The van der Waals surface area contributed by atoms with Crippen LogP contribution in [0.15, 0.2) is 24.3 Å². The molecule has 2 N–H and O–H groups in total. The lowest BCUT2D eigenvalue weighted by Gasteiger charge is -2.25. The molecular weight excluding hydrogens is 214 g/mol. The number of nitriles is 1. The Balaban J connectivity index is 2.51. The van der Waals surface area contributed by atoms with E-state index in [0.29, 0.717) is 5.95 Å². The number of aromatic nitrogens is 2. The number of fused-ring (bicyclic) bond motifs is 1. The largest absolute Gasteiger partial charge is 0.337 e. The van der Waals surface area contributed by atoms with E-state index in [1.807, 2.05) is 45.2 Å². The maximum absolute atomic E-state index is 9.19. The molecule has 5 heteroatoms. The average Bonchev–Trinajstić information content (AvgIpc) is 2.65. The van der Waals surface area contributed by atoms with Gasteiger partial charge in [-0.15, -0.1) is 0 Å². The second kappa shape index (κ2) is 4.07. The van der Waals surface area contributed by atoms with E-state index < -0.39 is 0 Å². The molecule has 0 radical (unpaired) electrons. The van der Waals surface area contributed by atoms with Crippen LogP contribution in [0.1, 0.15) is 13.8 Å². The Morgan fingerprint density at radius 2 is 2.06 bits per heavy atom. The smallest absolute Gasteiger partial charge is 0.219 e. The SMILES string of the molecule is CNC(C)(C)Nc1nc2ccccc2n1C#N. The topological polar surface area (TPSA) is 65.7 Å². The monoisotopic (exact) mass is 229 g/mol. The van der Waals surface area contributed by atoms with Crippen molar-refractivity contribution in [2.75, 3.05) is 12.4 Å². The molecule has 88 valence electrons. The summed E-state index contributed by atoms with van der Waals surface area (Å²) in [4.78, 5) is 4.41. The molecule has 0 saturated carbocycles. The fourth-order valence-corrected chi connectivity index (χ4v) is 1.55. The second-order valence-corrected chi connectivity index (χ2v) is 4.36. The molecule has 0 bridgehead atoms. The summed E-state index contributed by atoms with van der Waals surface area (Å²) < 4.78 is 1.49. The fourth-order valence-electron chi connectivity index (χ4n) is 1.55. The van der Waals surface area contributed by atoms with Gasteiger partial charge in [-0.25, -0.2) is 9.55 Å². The molecule has 0 fully saturated rings. The van der Waals surface area contributed by atoms with Crippen LogP contribution in [-0.4, -0.2) is 22.3 Å². The van der Waals surface area contributed by atoms with E-state index >= 15 is 0 Å². The Morgan fingerprint density at radius 3 is 2.71 bits per heavy atom. The Kier molecular flexibility index (Phi) is 2.74. The zero-order valence-electron chi connectivity index (χ0n) is 10.2. The minimum absolute atomic E-state index is 0.323. The first kappa shape index (κ1) is 11.4. The summed E-state index contributed by atoms with van der Waals surface area (Å²) in [5.74, 6) is 0.549. The molecule has 0 aliphatic carbocycles. The standard InChI is InChI=1S/C12H15N5/c1-12(2,14-3)16-11-15-9-6-4-5-7-10(9)17(11)8-13/h4-7,14H,1-3H3,(H,15,16). The van der Waals surface area contributed by atoms with Crippen LogP contribution in [-0.2, 0) is 0 Å². The molecule has 0 amide bonds. The highest BCUT2D eigenvalue weighted by Gasteiger charge is 2.18. The van der Waals surface area contributed by atoms with E-state index in [1.165, 1.54) is 4.57 Å². The molecule has 1 heterocycles. The second-order valence-electron chi connectivity index (χ2n) is 4.36. The maximum Gasteiger partial charge on any atom is 0.219 e. The van der Waals surface area contributed by atoms with Crippen molar-refractivity contribution in [3.05, 3.63) is 24.3 Å². The van der Waals surface area contributed by atoms with E-state index in [-0.39, 0.29) is 5.66 Å². The molecule has 0 aliphatic heterocycles. The van der Waals surface area contributed by atoms with Crippen molar-refractivity contribution >= 4 is 17.0 Å². The van der Waals surface area contributed by atoms with Crippen LogP contribution in [0.2, 0.25) is 0 Å². The van der Waals surface area contributed by atoms with Gasteiger partial charge in [0, 0.05) is 0 Å². The summed E-state index contributed by atoms with van der Waals surface area (Å²) in [7, 11) is 1.85. The van der Waals surface area contributed by atoms with Crippen molar-refractivity contribution in [3.63, 3.8) is 0 Å². The zero-order valence-corrected chi connectivity index (χ0v) is 10.2. The Labute approximate surface area is 100 Å². The number of nitrogens with zero attached hydrogens (tertiary/aromatic N) is 3. The highest BCUT2D eigenvalue weighted by molar-refractivity contribution is 5.79.